The second-order valence-corrected chi connectivity index (χ2v) is 4.68. The summed E-state index contributed by atoms with van der Waals surface area (Å²) >= 11 is 3.54. The van der Waals surface area contributed by atoms with Crippen molar-refractivity contribution in [2.75, 3.05) is 5.73 Å². The summed E-state index contributed by atoms with van der Waals surface area (Å²) in [4.78, 5) is 4.37. The standard InChI is InChI=1S/C12H14BrN3/c1-8-11(15-12(14)16(8)2)7-9-5-3-4-6-10(9)13/h3-6H,7H2,1-2H3,(H2,14,15). The minimum atomic E-state index is 0.569. The van der Waals surface area contributed by atoms with Gasteiger partial charge in [-0.3, -0.25) is 0 Å². The van der Waals surface area contributed by atoms with Crippen molar-refractivity contribution in [3.05, 3.63) is 45.7 Å². The van der Waals surface area contributed by atoms with Crippen LogP contribution in [0.25, 0.3) is 0 Å². The van der Waals surface area contributed by atoms with Crippen LogP contribution in [0, 0.1) is 6.92 Å². The number of halogens is 1. The molecular formula is C12H14BrN3. The lowest BCUT2D eigenvalue weighted by atomic mass is 10.1. The maximum atomic E-state index is 5.77. The molecule has 2 aromatic rings. The van der Waals surface area contributed by atoms with Gasteiger partial charge in [0.15, 0.2) is 5.95 Å². The second kappa shape index (κ2) is 4.29. The first-order chi connectivity index (χ1) is 7.59. The first-order valence-corrected chi connectivity index (χ1v) is 5.90. The largest absolute Gasteiger partial charge is 0.369 e. The van der Waals surface area contributed by atoms with Gasteiger partial charge in [0.05, 0.1) is 5.69 Å². The van der Waals surface area contributed by atoms with Gasteiger partial charge in [-0.05, 0) is 18.6 Å². The molecule has 16 heavy (non-hydrogen) atoms. The van der Waals surface area contributed by atoms with E-state index < -0.39 is 0 Å². The molecule has 0 radical (unpaired) electrons. The third-order valence-corrected chi connectivity index (χ3v) is 3.60. The average Bonchev–Trinajstić information content (AvgIpc) is 2.50. The number of nitrogens with zero attached hydrogens (tertiary/aromatic N) is 2. The topological polar surface area (TPSA) is 43.8 Å². The fraction of sp³-hybridized carbons (Fsp3) is 0.250. The summed E-state index contributed by atoms with van der Waals surface area (Å²) < 4.78 is 3.02. The van der Waals surface area contributed by atoms with Crippen LogP contribution in [0.2, 0.25) is 0 Å². The highest BCUT2D eigenvalue weighted by molar-refractivity contribution is 9.10. The highest BCUT2D eigenvalue weighted by Gasteiger charge is 2.10. The Hall–Kier alpha value is -1.29. The zero-order valence-electron chi connectivity index (χ0n) is 9.37. The molecule has 3 nitrogen and oxygen atoms in total. The third kappa shape index (κ3) is 1.97. The molecule has 1 aromatic carbocycles. The summed E-state index contributed by atoms with van der Waals surface area (Å²) in [6.07, 6.45) is 0.804. The van der Waals surface area contributed by atoms with E-state index >= 15 is 0 Å². The van der Waals surface area contributed by atoms with Crippen molar-refractivity contribution < 1.29 is 0 Å². The molecule has 0 fully saturated rings. The van der Waals surface area contributed by atoms with Gasteiger partial charge in [0.25, 0.3) is 0 Å². The fourth-order valence-corrected chi connectivity index (χ4v) is 2.07. The summed E-state index contributed by atoms with van der Waals surface area (Å²) in [6.45, 7) is 2.04. The van der Waals surface area contributed by atoms with Crippen molar-refractivity contribution in [3.63, 3.8) is 0 Å². The van der Waals surface area contributed by atoms with Crippen LogP contribution in [0.4, 0.5) is 5.95 Å². The number of nitrogen functional groups attached to an aromatic ring is 1. The van der Waals surface area contributed by atoms with Crippen molar-refractivity contribution in [3.8, 4) is 0 Å². The van der Waals surface area contributed by atoms with Gasteiger partial charge in [-0.25, -0.2) is 4.98 Å². The third-order valence-electron chi connectivity index (χ3n) is 2.83. The van der Waals surface area contributed by atoms with E-state index in [0.717, 1.165) is 22.3 Å². The van der Waals surface area contributed by atoms with E-state index in [1.54, 1.807) is 0 Å². The predicted molar refractivity (Wildman–Crippen MR) is 69.3 cm³/mol. The molecule has 0 saturated carbocycles. The summed E-state index contributed by atoms with van der Waals surface area (Å²) in [5, 5.41) is 0. The quantitative estimate of drug-likeness (QED) is 0.919. The Balaban J connectivity index is 2.34. The van der Waals surface area contributed by atoms with E-state index in [1.807, 2.05) is 36.7 Å². The van der Waals surface area contributed by atoms with E-state index in [9.17, 15) is 0 Å². The Morgan fingerprint density at radius 2 is 2.06 bits per heavy atom. The molecule has 0 aliphatic heterocycles. The maximum Gasteiger partial charge on any atom is 0.200 e. The van der Waals surface area contributed by atoms with Gasteiger partial charge in [0.1, 0.15) is 0 Å². The molecule has 0 bridgehead atoms. The minimum absolute atomic E-state index is 0.569. The van der Waals surface area contributed by atoms with Crippen molar-refractivity contribution in [1.29, 1.82) is 0 Å². The second-order valence-electron chi connectivity index (χ2n) is 3.83. The Morgan fingerprint density at radius 1 is 1.38 bits per heavy atom. The van der Waals surface area contributed by atoms with Crippen LogP contribution >= 0.6 is 15.9 Å². The summed E-state index contributed by atoms with van der Waals surface area (Å²) in [6, 6.07) is 8.17. The molecule has 4 heteroatoms. The predicted octanol–water partition coefficient (Wildman–Crippen LogP) is 2.66. The lowest BCUT2D eigenvalue weighted by Gasteiger charge is -2.03. The number of anilines is 1. The summed E-state index contributed by atoms with van der Waals surface area (Å²) in [5.74, 6) is 0.569. The van der Waals surface area contributed by atoms with Crippen LogP contribution in [-0.4, -0.2) is 9.55 Å². The van der Waals surface area contributed by atoms with Crippen LogP contribution < -0.4 is 5.73 Å². The highest BCUT2D eigenvalue weighted by Crippen LogP contribution is 2.21. The zero-order chi connectivity index (χ0) is 11.7. The molecule has 0 aliphatic carbocycles. The van der Waals surface area contributed by atoms with E-state index in [4.69, 9.17) is 5.73 Å². The number of rotatable bonds is 2. The molecule has 84 valence electrons. The Morgan fingerprint density at radius 3 is 2.62 bits per heavy atom. The maximum absolute atomic E-state index is 5.77. The van der Waals surface area contributed by atoms with E-state index in [0.29, 0.717) is 5.95 Å². The highest BCUT2D eigenvalue weighted by atomic mass is 79.9. The molecule has 0 spiro atoms. The molecule has 0 saturated heterocycles. The molecular weight excluding hydrogens is 266 g/mol. The number of aromatic nitrogens is 2. The van der Waals surface area contributed by atoms with Crippen molar-refractivity contribution in [2.24, 2.45) is 7.05 Å². The van der Waals surface area contributed by atoms with Crippen molar-refractivity contribution in [1.82, 2.24) is 9.55 Å². The Kier molecular flexibility index (Phi) is 3.01. The molecule has 1 aromatic heterocycles. The average molecular weight is 280 g/mol. The van der Waals surface area contributed by atoms with E-state index in [-0.39, 0.29) is 0 Å². The van der Waals surface area contributed by atoms with Gasteiger partial charge >= 0.3 is 0 Å². The van der Waals surface area contributed by atoms with Crippen LogP contribution in [0.1, 0.15) is 17.0 Å². The SMILES string of the molecule is Cc1c(Cc2ccccc2Br)nc(N)n1C. The van der Waals surface area contributed by atoms with Gasteiger partial charge in [-0.2, -0.15) is 0 Å². The first kappa shape index (κ1) is 11.2. The van der Waals surface area contributed by atoms with Crippen LogP contribution in [-0.2, 0) is 13.5 Å². The molecule has 2 N–H and O–H groups in total. The number of hydrogen-bond acceptors (Lipinski definition) is 2. The normalized spacial score (nSPS) is 10.7. The monoisotopic (exact) mass is 279 g/mol. The molecule has 1 heterocycles. The van der Waals surface area contributed by atoms with Gasteiger partial charge in [-0.15, -0.1) is 0 Å². The van der Waals surface area contributed by atoms with Gasteiger partial charge in [0.2, 0.25) is 0 Å². The molecule has 0 amide bonds. The fourth-order valence-electron chi connectivity index (χ4n) is 1.65. The first-order valence-electron chi connectivity index (χ1n) is 5.10. The summed E-state index contributed by atoms with van der Waals surface area (Å²) in [5.41, 5.74) is 9.15. The number of nitrogens with two attached hydrogens (primary N) is 1. The van der Waals surface area contributed by atoms with Crippen molar-refractivity contribution >= 4 is 21.9 Å². The Bertz CT molecular complexity index is 517. The van der Waals surface area contributed by atoms with Gasteiger partial charge in [-0.1, -0.05) is 34.1 Å². The Labute approximate surface area is 103 Å². The number of hydrogen-bond donors (Lipinski definition) is 1. The van der Waals surface area contributed by atoms with E-state index in [2.05, 4.69) is 27.0 Å². The van der Waals surface area contributed by atoms with Gasteiger partial charge < -0.3 is 10.3 Å². The number of imidazole rings is 1. The van der Waals surface area contributed by atoms with Crippen LogP contribution in [0.5, 0.6) is 0 Å². The lowest BCUT2D eigenvalue weighted by molar-refractivity contribution is 0.881. The van der Waals surface area contributed by atoms with Gasteiger partial charge in [0, 0.05) is 23.6 Å². The smallest absolute Gasteiger partial charge is 0.200 e. The molecule has 2 rings (SSSR count). The van der Waals surface area contributed by atoms with E-state index in [1.165, 1.54) is 5.56 Å². The zero-order valence-corrected chi connectivity index (χ0v) is 11.0. The van der Waals surface area contributed by atoms with Crippen LogP contribution in [0.15, 0.2) is 28.7 Å². The molecule has 0 unspecified atom stereocenters. The number of benzene rings is 1. The molecule has 0 aliphatic rings. The summed E-state index contributed by atoms with van der Waals surface area (Å²) in [7, 11) is 1.93. The lowest BCUT2D eigenvalue weighted by Crippen LogP contribution is -1.98. The molecule has 0 atom stereocenters. The van der Waals surface area contributed by atoms with Crippen molar-refractivity contribution in [2.45, 2.75) is 13.3 Å². The minimum Gasteiger partial charge on any atom is -0.369 e. The van der Waals surface area contributed by atoms with Crippen LogP contribution in [0.3, 0.4) is 0 Å².